The Kier molecular flexibility index (Phi) is 4.74. The van der Waals surface area contributed by atoms with Crippen molar-refractivity contribution in [3.8, 4) is 5.75 Å². The molecule has 1 unspecified atom stereocenters. The van der Waals surface area contributed by atoms with Crippen LogP contribution in [0.1, 0.15) is 10.4 Å². The number of nitrogens with one attached hydrogen (secondary N) is 1. The fourth-order valence-electron chi connectivity index (χ4n) is 2.18. The van der Waals surface area contributed by atoms with Gasteiger partial charge < -0.3 is 19.7 Å². The van der Waals surface area contributed by atoms with Crippen molar-refractivity contribution in [3.05, 3.63) is 29.6 Å². The molecule has 1 aromatic rings. The molecular formula is C14H17FN2O4. The van der Waals surface area contributed by atoms with Gasteiger partial charge in [0.25, 0.3) is 5.91 Å². The third kappa shape index (κ3) is 3.13. The van der Waals surface area contributed by atoms with Gasteiger partial charge in [-0.05, 0) is 12.1 Å². The highest BCUT2D eigenvalue weighted by molar-refractivity contribution is 5.98. The molecule has 0 aromatic heterocycles. The summed E-state index contributed by atoms with van der Waals surface area (Å²) < 4.78 is 24.1. The molecule has 2 amide bonds. The summed E-state index contributed by atoms with van der Waals surface area (Å²) in [6.45, 7) is 0.655. The standard InChI is InChI=1S/C14H17FN2O4/c1-16-13(18)12-8-21-6-5-17(12)14(19)10-4-3-9(20-2)7-11(10)15/h3-4,7,12H,5-6,8H2,1-2H3,(H,16,18). The Morgan fingerprint density at radius 2 is 2.24 bits per heavy atom. The van der Waals surface area contributed by atoms with Crippen molar-refractivity contribution in [1.82, 2.24) is 10.2 Å². The highest BCUT2D eigenvalue weighted by atomic mass is 19.1. The second-order valence-corrected chi connectivity index (χ2v) is 4.55. The predicted molar refractivity (Wildman–Crippen MR) is 72.7 cm³/mol. The zero-order valence-corrected chi connectivity index (χ0v) is 11.9. The predicted octanol–water partition coefficient (Wildman–Crippen LogP) is 0.421. The smallest absolute Gasteiger partial charge is 0.257 e. The third-order valence-corrected chi connectivity index (χ3v) is 3.35. The van der Waals surface area contributed by atoms with Gasteiger partial charge in [-0.15, -0.1) is 0 Å². The lowest BCUT2D eigenvalue weighted by Gasteiger charge is -2.34. The minimum Gasteiger partial charge on any atom is -0.497 e. The molecule has 6 nitrogen and oxygen atoms in total. The van der Waals surface area contributed by atoms with E-state index in [1.807, 2.05) is 0 Å². The molecular weight excluding hydrogens is 279 g/mol. The maximum absolute atomic E-state index is 14.0. The average Bonchev–Trinajstić information content (AvgIpc) is 2.53. The Hall–Kier alpha value is -2.15. The van der Waals surface area contributed by atoms with Gasteiger partial charge in [-0.3, -0.25) is 9.59 Å². The molecule has 2 rings (SSSR count). The lowest BCUT2D eigenvalue weighted by atomic mass is 10.1. The highest BCUT2D eigenvalue weighted by Gasteiger charge is 2.33. The molecule has 0 aliphatic carbocycles. The number of benzene rings is 1. The summed E-state index contributed by atoms with van der Waals surface area (Å²) in [7, 11) is 2.90. The number of hydrogen-bond donors (Lipinski definition) is 1. The molecule has 1 aliphatic rings. The summed E-state index contributed by atoms with van der Waals surface area (Å²) in [6.07, 6.45) is 0. The number of hydrogen-bond acceptors (Lipinski definition) is 4. The number of morpholine rings is 1. The van der Waals surface area contributed by atoms with E-state index in [1.54, 1.807) is 0 Å². The largest absolute Gasteiger partial charge is 0.497 e. The van der Waals surface area contributed by atoms with Gasteiger partial charge in [0.15, 0.2) is 0 Å². The molecule has 0 saturated carbocycles. The summed E-state index contributed by atoms with van der Waals surface area (Å²) in [5.74, 6) is -1.22. The Bertz CT molecular complexity index is 550. The molecule has 7 heteroatoms. The molecule has 114 valence electrons. The second kappa shape index (κ2) is 6.53. The molecule has 0 bridgehead atoms. The molecule has 1 heterocycles. The summed E-state index contributed by atoms with van der Waals surface area (Å²) >= 11 is 0. The number of rotatable bonds is 3. The molecule has 0 radical (unpaired) electrons. The number of methoxy groups -OCH3 is 1. The van der Waals surface area contributed by atoms with E-state index in [1.165, 1.54) is 31.2 Å². The number of ether oxygens (including phenoxy) is 2. The Morgan fingerprint density at radius 1 is 1.48 bits per heavy atom. The van der Waals surface area contributed by atoms with E-state index >= 15 is 0 Å². The average molecular weight is 296 g/mol. The second-order valence-electron chi connectivity index (χ2n) is 4.55. The zero-order chi connectivity index (χ0) is 15.4. The van der Waals surface area contributed by atoms with Crippen LogP contribution in [-0.2, 0) is 9.53 Å². The number of carbonyl (C=O) groups is 2. The first-order chi connectivity index (χ1) is 10.1. The van der Waals surface area contributed by atoms with Gasteiger partial charge in [-0.1, -0.05) is 0 Å². The monoisotopic (exact) mass is 296 g/mol. The Labute approximate surface area is 121 Å². The summed E-state index contributed by atoms with van der Waals surface area (Å²) in [4.78, 5) is 25.6. The van der Waals surface area contributed by atoms with Crippen molar-refractivity contribution in [2.24, 2.45) is 0 Å². The van der Waals surface area contributed by atoms with Crippen LogP contribution in [0.25, 0.3) is 0 Å². The van der Waals surface area contributed by atoms with Crippen LogP contribution in [0.4, 0.5) is 4.39 Å². The van der Waals surface area contributed by atoms with E-state index < -0.39 is 17.8 Å². The molecule has 1 saturated heterocycles. The first-order valence-electron chi connectivity index (χ1n) is 6.52. The van der Waals surface area contributed by atoms with Crippen LogP contribution >= 0.6 is 0 Å². The van der Waals surface area contributed by atoms with Crippen molar-refractivity contribution < 1.29 is 23.5 Å². The molecule has 1 atom stereocenters. The number of carbonyl (C=O) groups excluding carboxylic acids is 2. The van der Waals surface area contributed by atoms with Crippen LogP contribution < -0.4 is 10.1 Å². The molecule has 1 N–H and O–H groups in total. The first kappa shape index (κ1) is 15.2. The Balaban J connectivity index is 2.26. The number of amides is 2. The lowest BCUT2D eigenvalue weighted by molar-refractivity contribution is -0.130. The third-order valence-electron chi connectivity index (χ3n) is 3.35. The molecule has 0 spiro atoms. The van der Waals surface area contributed by atoms with E-state index in [0.717, 1.165) is 6.07 Å². The van der Waals surface area contributed by atoms with Crippen molar-refractivity contribution in [3.63, 3.8) is 0 Å². The lowest BCUT2D eigenvalue weighted by Crippen LogP contribution is -2.55. The first-order valence-corrected chi connectivity index (χ1v) is 6.52. The summed E-state index contributed by atoms with van der Waals surface area (Å²) in [5.41, 5.74) is -0.0911. The normalized spacial score (nSPS) is 18.2. The number of likely N-dealkylation sites (N-methyl/N-ethyl adjacent to an activating group) is 1. The molecule has 1 aromatic carbocycles. The van der Waals surface area contributed by atoms with Crippen LogP contribution in [-0.4, -0.2) is 56.7 Å². The van der Waals surface area contributed by atoms with Crippen LogP contribution in [0.5, 0.6) is 5.75 Å². The SMILES string of the molecule is CNC(=O)C1COCCN1C(=O)c1ccc(OC)cc1F. The number of nitrogens with zero attached hydrogens (tertiary/aromatic N) is 1. The maximum Gasteiger partial charge on any atom is 0.257 e. The molecule has 1 fully saturated rings. The van der Waals surface area contributed by atoms with Crippen molar-refractivity contribution >= 4 is 11.8 Å². The molecule has 1 aliphatic heterocycles. The Morgan fingerprint density at radius 3 is 2.86 bits per heavy atom. The van der Waals surface area contributed by atoms with E-state index in [2.05, 4.69) is 5.32 Å². The zero-order valence-electron chi connectivity index (χ0n) is 11.9. The molecule has 21 heavy (non-hydrogen) atoms. The van der Waals surface area contributed by atoms with Gasteiger partial charge in [0.05, 0.1) is 25.9 Å². The van der Waals surface area contributed by atoms with Gasteiger partial charge >= 0.3 is 0 Å². The van der Waals surface area contributed by atoms with Crippen molar-refractivity contribution in [2.45, 2.75) is 6.04 Å². The van der Waals surface area contributed by atoms with E-state index in [9.17, 15) is 14.0 Å². The summed E-state index contributed by atoms with van der Waals surface area (Å²) in [5, 5.41) is 2.48. The van der Waals surface area contributed by atoms with E-state index in [4.69, 9.17) is 9.47 Å². The minimum absolute atomic E-state index is 0.0911. The summed E-state index contributed by atoms with van der Waals surface area (Å²) in [6, 6.07) is 3.25. The fourth-order valence-corrected chi connectivity index (χ4v) is 2.18. The van der Waals surface area contributed by atoms with Crippen LogP contribution in [0.2, 0.25) is 0 Å². The maximum atomic E-state index is 14.0. The van der Waals surface area contributed by atoms with Gasteiger partial charge in [0, 0.05) is 19.7 Å². The van der Waals surface area contributed by atoms with Gasteiger partial charge in [0.2, 0.25) is 5.91 Å². The number of halogens is 1. The van der Waals surface area contributed by atoms with Gasteiger partial charge in [-0.2, -0.15) is 0 Å². The van der Waals surface area contributed by atoms with Gasteiger partial charge in [0.1, 0.15) is 17.6 Å². The van der Waals surface area contributed by atoms with Crippen LogP contribution in [0.15, 0.2) is 18.2 Å². The quantitative estimate of drug-likeness (QED) is 0.878. The van der Waals surface area contributed by atoms with Crippen LogP contribution in [0, 0.1) is 5.82 Å². The van der Waals surface area contributed by atoms with Crippen LogP contribution in [0.3, 0.4) is 0 Å². The fraction of sp³-hybridized carbons (Fsp3) is 0.429. The minimum atomic E-state index is -0.752. The topological polar surface area (TPSA) is 67.9 Å². The van der Waals surface area contributed by atoms with E-state index in [0.29, 0.717) is 12.4 Å². The van der Waals surface area contributed by atoms with Crippen molar-refractivity contribution in [1.29, 1.82) is 0 Å². The van der Waals surface area contributed by atoms with Gasteiger partial charge in [-0.25, -0.2) is 4.39 Å². The van der Waals surface area contributed by atoms with Crippen molar-refractivity contribution in [2.75, 3.05) is 33.9 Å². The van der Waals surface area contributed by atoms with E-state index in [-0.39, 0.29) is 24.6 Å². The highest BCUT2D eigenvalue weighted by Crippen LogP contribution is 2.20.